The first-order chi connectivity index (χ1) is 9.60. The normalized spacial score (nSPS) is 21.4. The van der Waals surface area contributed by atoms with Gasteiger partial charge in [0.15, 0.2) is 0 Å². The Morgan fingerprint density at radius 1 is 1.20 bits per heavy atom. The second kappa shape index (κ2) is 6.70. The molecule has 0 aromatic heterocycles. The molecule has 0 bridgehead atoms. The van der Waals surface area contributed by atoms with Crippen molar-refractivity contribution in [2.24, 2.45) is 11.1 Å². The third kappa shape index (κ3) is 3.40. The Morgan fingerprint density at radius 3 is 2.45 bits per heavy atom. The maximum absolute atomic E-state index is 10.9. The summed E-state index contributed by atoms with van der Waals surface area (Å²) >= 11 is 0. The lowest BCUT2D eigenvalue weighted by molar-refractivity contribution is -0.133. The molecule has 1 aromatic carbocycles. The van der Waals surface area contributed by atoms with Crippen LogP contribution in [0.15, 0.2) is 30.3 Å². The van der Waals surface area contributed by atoms with Crippen molar-refractivity contribution in [3.8, 4) is 0 Å². The van der Waals surface area contributed by atoms with E-state index in [0.717, 1.165) is 31.2 Å². The van der Waals surface area contributed by atoms with Crippen molar-refractivity contribution in [1.29, 1.82) is 0 Å². The molecule has 112 valence electrons. The largest absolute Gasteiger partial charge is 0.387 e. The van der Waals surface area contributed by atoms with Gasteiger partial charge in [-0.15, -0.1) is 0 Å². The molecule has 3 N–H and O–H groups in total. The topological polar surface area (TPSA) is 55.5 Å². The molecule has 0 saturated heterocycles. The van der Waals surface area contributed by atoms with E-state index in [4.69, 9.17) is 10.5 Å². The fourth-order valence-electron chi connectivity index (χ4n) is 3.29. The SMILES string of the molecule is CC(O)(COCc1ccccc1)C1(CN)CCCCC1. The molecule has 1 aliphatic carbocycles. The van der Waals surface area contributed by atoms with Gasteiger partial charge in [-0.05, 0) is 25.3 Å². The number of hydrogen-bond donors (Lipinski definition) is 2. The van der Waals surface area contributed by atoms with Gasteiger partial charge in [0.05, 0.1) is 18.8 Å². The lowest BCUT2D eigenvalue weighted by Crippen LogP contribution is -2.54. The minimum Gasteiger partial charge on any atom is -0.387 e. The molecule has 1 fully saturated rings. The van der Waals surface area contributed by atoms with Crippen LogP contribution in [0.2, 0.25) is 0 Å². The van der Waals surface area contributed by atoms with E-state index in [1.54, 1.807) is 0 Å². The zero-order valence-corrected chi connectivity index (χ0v) is 12.5. The molecule has 0 amide bonds. The second-order valence-electron chi connectivity index (χ2n) is 6.30. The molecular formula is C17H27NO2. The Morgan fingerprint density at radius 2 is 1.85 bits per heavy atom. The van der Waals surface area contributed by atoms with Gasteiger partial charge in [-0.1, -0.05) is 49.6 Å². The van der Waals surface area contributed by atoms with Crippen LogP contribution in [0, 0.1) is 5.41 Å². The fraction of sp³-hybridized carbons (Fsp3) is 0.647. The van der Waals surface area contributed by atoms with Crippen LogP contribution in [0.3, 0.4) is 0 Å². The molecular weight excluding hydrogens is 250 g/mol. The van der Waals surface area contributed by atoms with Crippen molar-refractivity contribution in [2.45, 2.75) is 51.2 Å². The molecule has 0 spiro atoms. The fourth-order valence-corrected chi connectivity index (χ4v) is 3.29. The molecule has 20 heavy (non-hydrogen) atoms. The Kier molecular flexibility index (Phi) is 5.19. The van der Waals surface area contributed by atoms with E-state index in [2.05, 4.69) is 0 Å². The monoisotopic (exact) mass is 277 g/mol. The first kappa shape index (κ1) is 15.5. The number of rotatable bonds is 6. The highest BCUT2D eigenvalue weighted by Gasteiger charge is 2.46. The summed E-state index contributed by atoms with van der Waals surface area (Å²) in [6.45, 7) is 3.31. The second-order valence-corrected chi connectivity index (χ2v) is 6.30. The summed E-state index contributed by atoms with van der Waals surface area (Å²) in [6, 6.07) is 10.1. The molecule has 3 nitrogen and oxygen atoms in total. The quantitative estimate of drug-likeness (QED) is 0.840. The highest BCUT2D eigenvalue weighted by Crippen LogP contribution is 2.44. The summed E-state index contributed by atoms with van der Waals surface area (Å²) in [5.74, 6) is 0. The number of nitrogens with two attached hydrogens (primary N) is 1. The van der Waals surface area contributed by atoms with Gasteiger partial charge in [0.2, 0.25) is 0 Å². The number of aliphatic hydroxyl groups is 1. The summed E-state index contributed by atoms with van der Waals surface area (Å²) in [5.41, 5.74) is 6.10. The predicted octanol–water partition coefficient (Wildman–Crippen LogP) is 2.86. The molecule has 0 aliphatic heterocycles. The molecule has 1 unspecified atom stereocenters. The molecule has 1 atom stereocenters. The highest BCUT2D eigenvalue weighted by atomic mass is 16.5. The third-order valence-electron chi connectivity index (χ3n) is 4.84. The van der Waals surface area contributed by atoms with Gasteiger partial charge < -0.3 is 15.6 Å². The standard InChI is InChI=1S/C17H27NO2/c1-16(19,17(13-18)10-6-3-7-11-17)14-20-12-15-8-4-2-5-9-15/h2,4-5,8-9,19H,3,6-7,10-14,18H2,1H3. The van der Waals surface area contributed by atoms with Crippen molar-refractivity contribution < 1.29 is 9.84 Å². The molecule has 0 radical (unpaired) electrons. The van der Waals surface area contributed by atoms with E-state index < -0.39 is 5.60 Å². The van der Waals surface area contributed by atoms with E-state index in [-0.39, 0.29) is 5.41 Å². The average Bonchev–Trinajstić information content (AvgIpc) is 2.48. The van der Waals surface area contributed by atoms with E-state index in [1.807, 2.05) is 37.3 Å². The molecule has 3 heteroatoms. The Labute approximate surface area is 122 Å². The average molecular weight is 277 g/mol. The van der Waals surface area contributed by atoms with Gasteiger partial charge >= 0.3 is 0 Å². The lowest BCUT2D eigenvalue weighted by Gasteiger charge is -2.47. The number of hydrogen-bond acceptors (Lipinski definition) is 3. The molecule has 1 saturated carbocycles. The third-order valence-corrected chi connectivity index (χ3v) is 4.84. The van der Waals surface area contributed by atoms with Crippen LogP contribution in [-0.4, -0.2) is 23.9 Å². The first-order valence-corrected chi connectivity index (χ1v) is 7.64. The van der Waals surface area contributed by atoms with Gasteiger partial charge in [-0.3, -0.25) is 0 Å². The van der Waals surface area contributed by atoms with Crippen molar-refractivity contribution >= 4 is 0 Å². The Balaban J connectivity index is 1.92. The summed E-state index contributed by atoms with van der Waals surface area (Å²) in [6.07, 6.45) is 5.58. The van der Waals surface area contributed by atoms with Gasteiger partial charge in [0.1, 0.15) is 0 Å². The Hall–Kier alpha value is -0.900. The van der Waals surface area contributed by atoms with Gasteiger partial charge in [-0.25, -0.2) is 0 Å². The van der Waals surface area contributed by atoms with E-state index >= 15 is 0 Å². The maximum atomic E-state index is 10.9. The molecule has 1 aromatic rings. The maximum Gasteiger partial charge on any atom is 0.0920 e. The van der Waals surface area contributed by atoms with Crippen LogP contribution in [-0.2, 0) is 11.3 Å². The first-order valence-electron chi connectivity index (χ1n) is 7.64. The van der Waals surface area contributed by atoms with Crippen LogP contribution < -0.4 is 5.73 Å². The number of benzene rings is 1. The van der Waals surface area contributed by atoms with Crippen molar-refractivity contribution in [1.82, 2.24) is 0 Å². The highest BCUT2D eigenvalue weighted by molar-refractivity contribution is 5.13. The van der Waals surface area contributed by atoms with Crippen LogP contribution in [0.1, 0.15) is 44.6 Å². The summed E-state index contributed by atoms with van der Waals surface area (Å²) in [5, 5.41) is 10.9. The van der Waals surface area contributed by atoms with E-state index in [1.165, 1.54) is 6.42 Å². The summed E-state index contributed by atoms with van der Waals surface area (Å²) < 4.78 is 5.76. The summed E-state index contributed by atoms with van der Waals surface area (Å²) in [7, 11) is 0. The summed E-state index contributed by atoms with van der Waals surface area (Å²) in [4.78, 5) is 0. The predicted molar refractivity (Wildman–Crippen MR) is 81.3 cm³/mol. The molecule has 1 aliphatic rings. The van der Waals surface area contributed by atoms with Gasteiger partial charge in [0, 0.05) is 12.0 Å². The molecule has 0 heterocycles. The van der Waals surface area contributed by atoms with Crippen LogP contribution in [0.25, 0.3) is 0 Å². The number of ether oxygens (including phenoxy) is 1. The zero-order valence-electron chi connectivity index (χ0n) is 12.5. The van der Waals surface area contributed by atoms with Crippen molar-refractivity contribution in [2.75, 3.05) is 13.2 Å². The van der Waals surface area contributed by atoms with Gasteiger partial charge in [-0.2, -0.15) is 0 Å². The smallest absolute Gasteiger partial charge is 0.0920 e. The van der Waals surface area contributed by atoms with Crippen LogP contribution in [0.4, 0.5) is 0 Å². The lowest BCUT2D eigenvalue weighted by atomic mass is 9.64. The van der Waals surface area contributed by atoms with Crippen molar-refractivity contribution in [3.05, 3.63) is 35.9 Å². The van der Waals surface area contributed by atoms with E-state index in [9.17, 15) is 5.11 Å². The van der Waals surface area contributed by atoms with Crippen molar-refractivity contribution in [3.63, 3.8) is 0 Å². The molecule has 2 rings (SSSR count). The Bertz CT molecular complexity index is 397. The minimum atomic E-state index is -0.850. The van der Waals surface area contributed by atoms with Crippen LogP contribution in [0.5, 0.6) is 0 Å². The van der Waals surface area contributed by atoms with Crippen LogP contribution >= 0.6 is 0 Å². The zero-order chi connectivity index (χ0) is 14.5. The minimum absolute atomic E-state index is 0.179. The van der Waals surface area contributed by atoms with Gasteiger partial charge in [0.25, 0.3) is 0 Å². The van der Waals surface area contributed by atoms with E-state index in [0.29, 0.717) is 19.8 Å².